The first-order valence-electron chi connectivity index (χ1n) is 21.2. The van der Waals surface area contributed by atoms with Crippen molar-refractivity contribution in [3.63, 3.8) is 0 Å². The predicted molar refractivity (Wildman–Crippen MR) is 244 cm³/mol. The monoisotopic (exact) mass is 1090 g/mol. The van der Waals surface area contributed by atoms with E-state index in [-0.39, 0.29) is 48.5 Å². The zero-order valence-electron chi connectivity index (χ0n) is 38.4. The van der Waals surface area contributed by atoms with Crippen molar-refractivity contribution >= 4 is 35.4 Å². The van der Waals surface area contributed by atoms with Crippen molar-refractivity contribution in [2.24, 2.45) is 0 Å². The highest BCUT2D eigenvalue weighted by Gasteiger charge is 2.79. The molecule has 0 amide bonds. The quantitative estimate of drug-likeness (QED) is 0.0337. The van der Waals surface area contributed by atoms with Gasteiger partial charge in [-0.25, -0.2) is 19.2 Å². The van der Waals surface area contributed by atoms with Gasteiger partial charge in [-0.3, -0.25) is 9.59 Å². The Morgan fingerprint density at radius 2 is 0.615 bits per heavy atom. The number of benzene rings is 6. The lowest BCUT2D eigenvalue weighted by molar-refractivity contribution is -0.339. The van der Waals surface area contributed by atoms with Crippen LogP contribution in [0.5, 0.6) is 103 Å². The van der Waals surface area contributed by atoms with Gasteiger partial charge in [0.2, 0.25) is 11.6 Å². The van der Waals surface area contributed by atoms with Crippen LogP contribution in [0.25, 0.3) is 0 Å². The molecular weight excluding hydrogens is 1060 g/mol. The van der Waals surface area contributed by atoms with Crippen molar-refractivity contribution in [2.45, 2.75) is 29.7 Å². The largest absolute Gasteiger partial charge is 0.504 e. The molecule has 0 bridgehead atoms. The van der Waals surface area contributed by atoms with Gasteiger partial charge in [-0.05, 0) is 72.8 Å². The number of rotatable bonds is 13. The number of Topliss-reactive ketones (excluding diaryl/α,β-unsaturated/α-hetero) is 2. The molecule has 30 nitrogen and oxygen atoms in total. The van der Waals surface area contributed by atoms with Gasteiger partial charge in [0.25, 0.3) is 5.60 Å². The van der Waals surface area contributed by atoms with Gasteiger partial charge in [0.05, 0.1) is 28.9 Å². The lowest BCUT2D eigenvalue weighted by atomic mass is 9.71. The molecular formula is C48H36O30. The van der Waals surface area contributed by atoms with E-state index in [1.807, 2.05) is 0 Å². The van der Waals surface area contributed by atoms with Crippen LogP contribution in [0.4, 0.5) is 0 Å². The van der Waals surface area contributed by atoms with Crippen LogP contribution in [-0.4, -0.2) is 169 Å². The Bertz CT molecular complexity index is 3390. The maximum Gasteiger partial charge on any atom is 0.341 e. The summed E-state index contributed by atoms with van der Waals surface area (Å²) in [6, 6.07) is 3.25. The molecule has 0 aliphatic carbocycles. The third-order valence-corrected chi connectivity index (χ3v) is 11.5. The molecule has 408 valence electrons. The van der Waals surface area contributed by atoms with Gasteiger partial charge in [0, 0.05) is 11.1 Å². The molecule has 1 saturated heterocycles. The number of aliphatic hydroxyl groups is 1. The molecule has 6 aromatic carbocycles. The van der Waals surface area contributed by atoms with Crippen LogP contribution in [0, 0.1) is 0 Å². The average Bonchev–Trinajstić information content (AvgIpc) is 3.56. The molecule has 5 atom stereocenters. The standard InChI is InChI=1S/C48H36O30/c49-13-32-39(74-43(70)16-5-24(54)35(64)25(55)6-16)42(75-44(71)17-7-26(56)36(65)27(57)8-17)47(40(68)14-1-20(50)33(62)21(51)2-14,77-45(72)18-9-28(58)37(66)29(59)10-18)48(76-32,41(69)15-3-22(52)34(63)23(53)4-15)78-46(73)19-11-30(60)38(67)31(61)12-19/h1-12,32,39,42,49-67H,13H2/t32-,39-,42+,47-,48?/m1/s1. The molecule has 1 aliphatic heterocycles. The van der Waals surface area contributed by atoms with E-state index < -0.39 is 209 Å². The smallest absolute Gasteiger partial charge is 0.341 e. The van der Waals surface area contributed by atoms with Crippen LogP contribution < -0.4 is 0 Å². The third-order valence-electron chi connectivity index (χ3n) is 11.5. The van der Waals surface area contributed by atoms with Crippen LogP contribution in [0.3, 0.4) is 0 Å². The van der Waals surface area contributed by atoms with Gasteiger partial charge in [0.1, 0.15) is 6.10 Å². The minimum atomic E-state index is -4.74. The second-order valence-corrected chi connectivity index (χ2v) is 16.5. The number of aliphatic hydroxyl groups excluding tert-OH is 1. The average molecular weight is 1090 g/mol. The Kier molecular flexibility index (Phi) is 14.0. The SMILES string of the molecule is O=C(O[C@@H]1[C@@H](CO)OC(OC(=O)c2cc(O)c(O)c(O)c2)(C(=O)c2cc(O)c(O)c(O)c2)[C@@](OC(=O)c2cc(O)c(O)c(O)c2)(C(=O)c2cc(O)c(O)c(O)c2)[C@H]1OC(=O)c1cc(O)c(O)c(O)c1)c1cc(O)c(O)c(O)c1. The number of ketones is 2. The van der Waals surface area contributed by atoms with Gasteiger partial charge in [-0.1, -0.05) is 0 Å². The first-order chi connectivity index (χ1) is 36.5. The van der Waals surface area contributed by atoms with E-state index in [1.54, 1.807) is 0 Å². The summed E-state index contributed by atoms with van der Waals surface area (Å²) in [6.45, 7) is -1.81. The van der Waals surface area contributed by atoms with Gasteiger partial charge >= 0.3 is 29.7 Å². The van der Waals surface area contributed by atoms with Crippen molar-refractivity contribution < 1.29 is 149 Å². The second kappa shape index (κ2) is 19.9. The highest BCUT2D eigenvalue weighted by molar-refractivity contribution is 6.15. The number of carbonyl (C=O) groups excluding carboxylic acids is 6. The van der Waals surface area contributed by atoms with Crippen molar-refractivity contribution in [1.82, 2.24) is 0 Å². The Hall–Kier alpha value is -11.1. The fourth-order valence-corrected chi connectivity index (χ4v) is 7.76. The fourth-order valence-electron chi connectivity index (χ4n) is 7.76. The van der Waals surface area contributed by atoms with Gasteiger partial charge in [-0.15, -0.1) is 0 Å². The molecule has 0 aromatic heterocycles. The summed E-state index contributed by atoms with van der Waals surface area (Å²) in [5.41, 5.74) is -12.3. The highest BCUT2D eigenvalue weighted by atomic mass is 16.8. The summed E-state index contributed by atoms with van der Waals surface area (Å²) in [7, 11) is 0. The Morgan fingerprint density at radius 1 is 0.359 bits per heavy atom. The summed E-state index contributed by atoms with van der Waals surface area (Å²) in [5.74, 6) is -42.8. The maximum absolute atomic E-state index is 16.2. The van der Waals surface area contributed by atoms with Crippen LogP contribution >= 0.6 is 0 Å². The molecule has 7 rings (SSSR count). The molecule has 19 N–H and O–H groups in total. The first-order valence-corrected chi connectivity index (χ1v) is 21.2. The Balaban J connectivity index is 1.71. The summed E-state index contributed by atoms with van der Waals surface area (Å²) in [5, 5.41) is 199. The molecule has 0 spiro atoms. The molecule has 78 heavy (non-hydrogen) atoms. The van der Waals surface area contributed by atoms with E-state index in [2.05, 4.69) is 0 Å². The topological polar surface area (TPSA) is 533 Å². The molecule has 1 unspecified atom stereocenters. The number of phenols is 18. The number of phenolic OH excluding ortho intramolecular Hbond substituents is 18. The number of hydrogen-bond donors (Lipinski definition) is 19. The fraction of sp³-hybridized carbons (Fsp3) is 0.125. The van der Waals surface area contributed by atoms with E-state index in [1.165, 1.54) is 0 Å². The van der Waals surface area contributed by atoms with E-state index >= 15 is 9.59 Å². The number of carbonyl (C=O) groups is 6. The van der Waals surface area contributed by atoms with Crippen molar-refractivity contribution in [2.75, 3.05) is 6.61 Å². The van der Waals surface area contributed by atoms with E-state index in [0.717, 1.165) is 0 Å². The van der Waals surface area contributed by atoms with Gasteiger partial charge < -0.3 is 121 Å². The van der Waals surface area contributed by atoms with Gasteiger partial charge in [-0.2, -0.15) is 0 Å². The first kappa shape index (κ1) is 54.6. The zero-order chi connectivity index (χ0) is 57.8. The number of esters is 4. The van der Waals surface area contributed by atoms with E-state index in [4.69, 9.17) is 23.7 Å². The Labute approximate surface area is 430 Å². The van der Waals surface area contributed by atoms with Gasteiger partial charge in [0.15, 0.2) is 116 Å². The summed E-state index contributed by atoms with van der Waals surface area (Å²) < 4.78 is 28.7. The zero-order valence-corrected chi connectivity index (χ0v) is 38.4. The van der Waals surface area contributed by atoms with Crippen LogP contribution in [-0.2, 0) is 23.7 Å². The van der Waals surface area contributed by atoms with Crippen LogP contribution in [0.1, 0.15) is 62.1 Å². The lowest BCUT2D eigenvalue weighted by Crippen LogP contribution is -2.81. The molecule has 1 aliphatic rings. The third kappa shape index (κ3) is 9.28. The molecule has 6 aromatic rings. The van der Waals surface area contributed by atoms with Crippen LogP contribution in [0.15, 0.2) is 72.8 Å². The number of aromatic hydroxyl groups is 18. The van der Waals surface area contributed by atoms with E-state index in [9.17, 15) is 116 Å². The highest BCUT2D eigenvalue weighted by Crippen LogP contribution is 2.53. The molecule has 1 fully saturated rings. The van der Waals surface area contributed by atoms with Crippen molar-refractivity contribution in [3.05, 3.63) is 106 Å². The molecule has 30 heteroatoms. The number of hydrogen-bond acceptors (Lipinski definition) is 30. The summed E-state index contributed by atoms with van der Waals surface area (Å²) in [6.07, 6.45) is -9.48. The minimum Gasteiger partial charge on any atom is -0.504 e. The number of ether oxygens (including phenoxy) is 5. The van der Waals surface area contributed by atoms with Crippen LogP contribution in [0.2, 0.25) is 0 Å². The molecule has 0 saturated carbocycles. The molecule has 1 heterocycles. The predicted octanol–water partition coefficient (Wildman–Crippen LogP) is 1.44. The molecule has 0 radical (unpaired) electrons. The Morgan fingerprint density at radius 3 is 0.923 bits per heavy atom. The second-order valence-electron chi connectivity index (χ2n) is 16.5. The van der Waals surface area contributed by atoms with Crippen molar-refractivity contribution in [3.8, 4) is 103 Å². The lowest BCUT2D eigenvalue weighted by Gasteiger charge is -2.55. The summed E-state index contributed by atoms with van der Waals surface area (Å²) >= 11 is 0. The summed E-state index contributed by atoms with van der Waals surface area (Å²) in [4.78, 5) is 90.8. The minimum absolute atomic E-state index is 0.173. The normalized spacial score (nSPS) is 18.8. The maximum atomic E-state index is 16.2. The van der Waals surface area contributed by atoms with E-state index in [0.29, 0.717) is 24.3 Å². The van der Waals surface area contributed by atoms with Crippen molar-refractivity contribution in [1.29, 1.82) is 0 Å².